The monoisotopic (exact) mass is 457 g/mol. The molecule has 0 bridgehead atoms. The zero-order valence-corrected chi connectivity index (χ0v) is 20.6. The van der Waals surface area contributed by atoms with Crippen molar-refractivity contribution in [1.29, 1.82) is 0 Å². The number of esters is 2. The molecule has 1 fully saturated rings. The van der Waals surface area contributed by atoms with Crippen LogP contribution in [0.2, 0.25) is 0 Å². The van der Waals surface area contributed by atoms with Gasteiger partial charge >= 0.3 is 11.9 Å². The molecule has 0 aromatic rings. The van der Waals surface area contributed by atoms with E-state index in [1.54, 1.807) is 27.7 Å². The van der Waals surface area contributed by atoms with E-state index in [1.165, 1.54) is 43.9 Å². The Morgan fingerprint density at radius 2 is 1.71 bits per heavy atom. The van der Waals surface area contributed by atoms with Gasteiger partial charge in [0.2, 0.25) is 5.91 Å². The number of amides is 1. The summed E-state index contributed by atoms with van der Waals surface area (Å²) in [7, 11) is 0. The van der Waals surface area contributed by atoms with Gasteiger partial charge in [-0.3, -0.25) is 19.2 Å². The second-order valence-corrected chi connectivity index (χ2v) is 10.5. The van der Waals surface area contributed by atoms with Crippen LogP contribution >= 0.6 is 11.8 Å². The number of ether oxygens (including phenoxy) is 2. The highest BCUT2D eigenvalue weighted by Crippen LogP contribution is 2.26. The smallest absolute Gasteiger partial charge is 0.326 e. The Bertz CT molecular complexity index is 610. The van der Waals surface area contributed by atoms with Crippen molar-refractivity contribution < 1.29 is 28.7 Å². The van der Waals surface area contributed by atoms with Crippen LogP contribution in [0.3, 0.4) is 0 Å². The Morgan fingerprint density at radius 1 is 1.06 bits per heavy atom. The van der Waals surface area contributed by atoms with Gasteiger partial charge in [0.25, 0.3) is 0 Å². The maximum absolute atomic E-state index is 12.8. The molecule has 1 aliphatic rings. The maximum atomic E-state index is 12.8. The first-order valence-corrected chi connectivity index (χ1v) is 12.3. The van der Waals surface area contributed by atoms with Gasteiger partial charge in [-0.1, -0.05) is 50.8 Å². The second kappa shape index (κ2) is 13.8. The highest BCUT2D eigenvalue weighted by atomic mass is 32.2. The van der Waals surface area contributed by atoms with E-state index in [4.69, 9.17) is 9.47 Å². The predicted molar refractivity (Wildman–Crippen MR) is 121 cm³/mol. The van der Waals surface area contributed by atoms with Crippen LogP contribution in [-0.4, -0.2) is 58.9 Å². The molecule has 0 aliphatic heterocycles. The van der Waals surface area contributed by atoms with E-state index < -0.39 is 17.5 Å². The number of carbonyl (C=O) groups is 4. The molecule has 1 rings (SSSR count). The second-order valence-electron chi connectivity index (χ2n) is 9.31. The Morgan fingerprint density at radius 3 is 2.29 bits per heavy atom. The molecule has 0 aromatic carbocycles. The van der Waals surface area contributed by atoms with Crippen LogP contribution in [0.15, 0.2) is 0 Å². The quantitative estimate of drug-likeness (QED) is 0.434. The van der Waals surface area contributed by atoms with Gasteiger partial charge in [-0.2, -0.15) is 0 Å². The molecule has 31 heavy (non-hydrogen) atoms. The molecule has 0 spiro atoms. The molecule has 0 N–H and O–H groups in total. The van der Waals surface area contributed by atoms with Crippen LogP contribution in [0, 0.1) is 11.8 Å². The molecule has 1 atom stereocenters. The normalized spacial score (nSPS) is 15.8. The lowest BCUT2D eigenvalue weighted by Crippen LogP contribution is -2.42. The maximum Gasteiger partial charge on any atom is 0.326 e. The van der Waals surface area contributed by atoms with E-state index in [1.807, 2.05) is 0 Å². The molecule has 0 aromatic heterocycles. The van der Waals surface area contributed by atoms with Crippen molar-refractivity contribution >= 4 is 34.7 Å². The van der Waals surface area contributed by atoms with Gasteiger partial charge in [0.05, 0.1) is 13.0 Å². The molecule has 178 valence electrons. The molecule has 1 saturated carbocycles. The van der Waals surface area contributed by atoms with E-state index in [2.05, 4.69) is 0 Å². The van der Waals surface area contributed by atoms with Crippen LogP contribution in [0.25, 0.3) is 0 Å². The first-order valence-electron chi connectivity index (χ1n) is 11.3. The Kier molecular flexibility index (Phi) is 12.2. The minimum Gasteiger partial charge on any atom is -0.466 e. The van der Waals surface area contributed by atoms with Crippen molar-refractivity contribution in [2.75, 3.05) is 25.4 Å². The fraction of sp³-hybridized carbons (Fsp3) is 0.826. The first-order chi connectivity index (χ1) is 14.5. The third kappa shape index (κ3) is 12.8. The lowest BCUT2D eigenvalue weighted by molar-refractivity contribution is -0.160. The molecular formula is C23H39NO6S. The Labute approximate surface area is 191 Å². The lowest BCUT2D eigenvalue weighted by Gasteiger charge is -2.27. The number of rotatable bonds is 11. The van der Waals surface area contributed by atoms with Crippen molar-refractivity contribution in [3.05, 3.63) is 0 Å². The molecule has 1 aliphatic carbocycles. The third-order valence-corrected chi connectivity index (χ3v) is 6.18. The zero-order valence-electron chi connectivity index (χ0n) is 19.7. The highest BCUT2D eigenvalue weighted by molar-refractivity contribution is 8.13. The number of hydrogen-bond acceptors (Lipinski definition) is 7. The van der Waals surface area contributed by atoms with Crippen LogP contribution in [0.1, 0.15) is 79.6 Å². The number of nitrogens with zero attached hydrogens (tertiary/aromatic N) is 1. The summed E-state index contributed by atoms with van der Waals surface area (Å²) >= 11 is 1.07. The SMILES string of the molecule is CC(=O)SCC(C)C(=O)N(CCC(=O)OCCC1CCCCC1)CC(=O)OC(C)(C)C. The summed E-state index contributed by atoms with van der Waals surface area (Å²) in [6.45, 7) is 8.67. The van der Waals surface area contributed by atoms with Gasteiger partial charge in [0, 0.05) is 25.1 Å². The van der Waals surface area contributed by atoms with Crippen molar-refractivity contribution in [2.24, 2.45) is 11.8 Å². The van der Waals surface area contributed by atoms with Crippen molar-refractivity contribution in [2.45, 2.75) is 85.2 Å². The van der Waals surface area contributed by atoms with Gasteiger partial charge in [0.1, 0.15) is 12.1 Å². The largest absolute Gasteiger partial charge is 0.466 e. The Hall–Kier alpha value is -1.57. The van der Waals surface area contributed by atoms with E-state index in [-0.39, 0.29) is 36.5 Å². The standard InChI is InChI=1S/C23H39NO6S/c1-17(16-31-18(2)25)22(28)24(15-21(27)30-23(3,4)5)13-11-20(26)29-14-12-19-9-7-6-8-10-19/h17,19H,6-16H2,1-5H3. The molecule has 1 amide bonds. The molecule has 0 radical (unpaired) electrons. The topological polar surface area (TPSA) is 90.0 Å². The highest BCUT2D eigenvalue weighted by Gasteiger charge is 2.26. The summed E-state index contributed by atoms with van der Waals surface area (Å²) < 4.78 is 10.7. The molecule has 0 saturated heterocycles. The number of thioether (sulfide) groups is 1. The van der Waals surface area contributed by atoms with Gasteiger partial charge in [0.15, 0.2) is 5.12 Å². The molecule has 1 unspecified atom stereocenters. The fourth-order valence-electron chi connectivity index (χ4n) is 3.54. The fourth-order valence-corrected chi connectivity index (χ4v) is 4.16. The number of hydrogen-bond donors (Lipinski definition) is 0. The summed E-state index contributed by atoms with van der Waals surface area (Å²) in [5.41, 5.74) is -0.667. The average molecular weight is 458 g/mol. The molecular weight excluding hydrogens is 418 g/mol. The number of carbonyl (C=O) groups excluding carboxylic acids is 4. The average Bonchev–Trinajstić information content (AvgIpc) is 2.68. The summed E-state index contributed by atoms with van der Waals surface area (Å²) in [5, 5.41) is -0.0696. The molecule has 7 nitrogen and oxygen atoms in total. The van der Waals surface area contributed by atoms with Gasteiger partial charge in [-0.15, -0.1) is 0 Å². The summed E-state index contributed by atoms with van der Waals surface area (Å²) in [4.78, 5) is 49.8. The molecule has 0 heterocycles. The van der Waals surface area contributed by atoms with E-state index in [9.17, 15) is 19.2 Å². The predicted octanol–water partition coefficient (Wildman–Crippen LogP) is 3.98. The van der Waals surface area contributed by atoms with Crippen LogP contribution in [0.5, 0.6) is 0 Å². The van der Waals surface area contributed by atoms with Crippen LogP contribution in [0.4, 0.5) is 0 Å². The minimum atomic E-state index is -0.667. The van der Waals surface area contributed by atoms with Gasteiger partial charge in [-0.05, 0) is 33.1 Å². The van der Waals surface area contributed by atoms with E-state index in [0.717, 1.165) is 18.2 Å². The van der Waals surface area contributed by atoms with Gasteiger partial charge in [-0.25, -0.2) is 0 Å². The van der Waals surface area contributed by atoms with Crippen LogP contribution < -0.4 is 0 Å². The third-order valence-electron chi connectivity index (χ3n) is 5.11. The molecule has 8 heteroatoms. The first kappa shape index (κ1) is 27.5. The van der Waals surface area contributed by atoms with Gasteiger partial charge < -0.3 is 14.4 Å². The van der Waals surface area contributed by atoms with Crippen molar-refractivity contribution in [1.82, 2.24) is 4.90 Å². The van der Waals surface area contributed by atoms with Crippen molar-refractivity contribution in [3.8, 4) is 0 Å². The lowest BCUT2D eigenvalue weighted by atomic mass is 9.87. The van der Waals surface area contributed by atoms with Crippen LogP contribution in [-0.2, 0) is 28.7 Å². The zero-order chi connectivity index (χ0) is 23.4. The summed E-state index contributed by atoms with van der Waals surface area (Å²) in [6, 6.07) is 0. The van der Waals surface area contributed by atoms with Crippen molar-refractivity contribution in [3.63, 3.8) is 0 Å². The van der Waals surface area contributed by atoms with E-state index >= 15 is 0 Å². The summed E-state index contributed by atoms with van der Waals surface area (Å²) in [6.07, 6.45) is 7.09. The van der Waals surface area contributed by atoms with E-state index in [0.29, 0.717) is 18.3 Å². The Balaban J connectivity index is 2.56. The minimum absolute atomic E-state index is 0.0196. The summed E-state index contributed by atoms with van der Waals surface area (Å²) in [5.74, 6) is -0.689.